The van der Waals surface area contributed by atoms with Crippen molar-refractivity contribution in [1.29, 1.82) is 0 Å². The normalized spacial score (nSPS) is 30.3. The molecule has 18 heavy (non-hydrogen) atoms. The zero-order valence-electron chi connectivity index (χ0n) is 10.4. The summed E-state index contributed by atoms with van der Waals surface area (Å²) >= 11 is 0. The predicted molar refractivity (Wildman–Crippen MR) is 65.7 cm³/mol. The molecule has 1 saturated heterocycles. The molecule has 3 N–H and O–H groups in total. The number of nitrogens with one attached hydrogen (secondary N) is 3. The van der Waals surface area contributed by atoms with Gasteiger partial charge in [-0.05, 0) is 31.2 Å². The monoisotopic (exact) mass is 249 g/mol. The first kappa shape index (κ1) is 11.6. The van der Waals surface area contributed by atoms with Crippen molar-refractivity contribution in [3.8, 4) is 0 Å². The third kappa shape index (κ3) is 2.25. The molecule has 0 spiro atoms. The van der Waals surface area contributed by atoms with Gasteiger partial charge >= 0.3 is 0 Å². The van der Waals surface area contributed by atoms with Crippen LogP contribution in [0.15, 0.2) is 6.33 Å². The second-order valence-electron chi connectivity index (χ2n) is 5.21. The Bertz CT molecular complexity index is 405. The molecule has 1 aromatic heterocycles. The lowest BCUT2D eigenvalue weighted by Crippen LogP contribution is -2.44. The minimum Gasteiger partial charge on any atom is -0.354 e. The number of aromatic amines is 1. The molecule has 0 aromatic carbocycles. The van der Waals surface area contributed by atoms with E-state index in [1.54, 1.807) is 0 Å². The van der Waals surface area contributed by atoms with E-state index in [4.69, 9.17) is 0 Å². The van der Waals surface area contributed by atoms with Crippen LogP contribution in [0, 0.1) is 11.8 Å². The second-order valence-corrected chi connectivity index (χ2v) is 5.21. The molecule has 1 aliphatic carbocycles. The first-order valence-corrected chi connectivity index (χ1v) is 6.70. The molecule has 0 radical (unpaired) electrons. The van der Waals surface area contributed by atoms with Crippen LogP contribution < -0.4 is 10.6 Å². The molecular weight excluding hydrogens is 230 g/mol. The van der Waals surface area contributed by atoms with Gasteiger partial charge in [-0.2, -0.15) is 5.10 Å². The molecule has 0 bridgehead atoms. The van der Waals surface area contributed by atoms with E-state index in [9.17, 15) is 4.79 Å². The SMILES string of the molecule is O=C(NCCc1ncn[nH]1)C1NCC2CCCC21. The Balaban J connectivity index is 1.47. The highest BCUT2D eigenvalue weighted by Gasteiger charge is 2.42. The maximum Gasteiger partial charge on any atom is 0.237 e. The van der Waals surface area contributed by atoms with Gasteiger partial charge in [0.05, 0.1) is 6.04 Å². The Labute approximate surface area is 106 Å². The summed E-state index contributed by atoms with van der Waals surface area (Å²) in [6.07, 6.45) is 5.93. The zero-order chi connectivity index (χ0) is 12.4. The van der Waals surface area contributed by atoms with Gasteiger partial charge in [0.25, 0.3) is 0 Å². The molecule has 3 rings (SSSR count). The fraction of sp³-hybridized carbons (Fsp3) is 0.750. The van der Waals surface area contributed by atoms with Crippen LogP contribution in [0.1, 0.15) is 25.1 Å². The van der Waals surface area contributed by atoms with Crippen molar-refractivity contribution in [2.45, 2.75) is 31.7 Å². The minimum absolute atomic E-state index is 0.0206. The molecule has 6 heteroatoms. The van der Waals surface area contributed by atoms with Crippen LogP contribution in [0.3, 0.4) is 0 Å². The summed E-state index contributed by atoms with van der Waals surface area (Å²) in [6, 6.07) is 0.0206. The third-order valence-corrected chi connectivity index (χ3v) is 4.15. The van der Waals surface area contributed by atoms with Crippen LogP contribution in [-0.2, 0) is 11.2 Å². The maximum atomic E-state index is 12.1. The number of carbonyl (C=O) groups is 1. The summed E-state index contributed by atoms with van der Waals surface area (Å²) in [5.41, 5.74) is 0. The van der Waals surface area contributed by atoms with Crippen LogP contribution in [-0.4, -0.2) is 40.2 Å². The van der Waals surface area contributed by atoms with E-state index in [0.717, 1.165) is 18.3 Å². The van der Waals surface area contributed by atoms with Crippen LogP contribution >= 0.6 is 0 Å². The number of nitrogens with zero attached hydrogens (tertiary/aromatic N) is 2. The third-order valence-electron chi connectivity index (χ3n) is 4.15. The minimum atomic E-state index is 0.0206. The average Bonchev–Trinajstić information content (AvgIpc) is 3.05. The van der Waals surface area contributed by atoms with Crippen molar-refractivity contribution in [1.82, 2.24) is 25.8 Å². The summed E-state index contributed by atoms with van der Waals surface area (Å²) in [7, 11) is 0. The smallest absolute Gasteiger partial charge is 0.237 e. The first-order chi connectivity index (χ1) is 8.84. The molecule has 3 unspecified atom stereocenters. The molecule has 2 aliphatic rings. The van der Waals surface area contributed by atoms with Crippen LogP contribution in [0.25, 0.3) is 0 Å². The molecule has 98 valence electrons. The Kier molecular flexibility index (Phi) is 3.27. The Morgan fingerprint density at radius 1 is 1.50 bits per heavy atom. The van der Waals surface area contributed by atoms with E-state index in [1.807, 2.05) is 0 Å². The standard InChI is InChI=1S/C12H19N5O/c18-12(13-5-4-10-15-7-16-17-10)11-9-3-1-2-8(9)6-14-11/h7-9,11,14H,1-6H2,(H,13,18)(H,15,16,17). The molecule has 1 saturated carbocycles. The van der Waals surface area contributed by atoms with E-state index >= 15 is 0 Å². The summed E-state index contributed by atoms with van der Waals surface area (Å²) < 4.78 is 0. The van der Waals surface area contributed by atoms with Gasteiger partial charge < -0.3 is 10.6 Å². The van der Waals surface area contributed by atoms with Crippen molar-refractivity contribution < 1.29 is 4.79 Å². The van der Waals surface area contributed by atoms with E-state index in [-0.39, 0.29) is 11.9 Å². The predicted octanol–water partition coefficient (Wildman–Crippen LogP) is -0.149. The Morgan fingerprint density at radius 3 is 3.28 bits per heavy atom. The van der Waals surface area contributed by atoms with Gasteiger partial charge in [0.15, 0.2) is 0 Å². The summed E-state index contributed by atoms with van der Waals surface area (Å²) in [4.78, 5) is 16.1. The summed E-state index contributed by atoms with van der Waals surface area (Å²) in [5, 5.41) is 12.9. The van der Waals surface area contributed by atoms with Crippen molar-refractivity contribution in [2.75, 3.05) is 13.1 Å². The summed E-state index contributed by atoms with van der Waals surface area (Å²) in [6.45, 7) is 1.62. The Morgan fingerprint density at radius 2 is 2.44 bits per heavy atom. The fourth-order valence-electron chi connectivity index (χ4n) is 3.24. The van der Waals surface area contributed by atoms with Gasteiger partial charge in [0.2, 0.25) is 5.91 Å². The molecule has 2 heterocycles. The second kappa shape index (κ2) is 5.06. The Hall–Kier alpha value is -1.43. The van der Waals surface area contributed by atoms with Crippen LogP contribution in [0.4, 0.5) is 0 Å². The van der Waals surface area contributed by atoms with Gasteiger partial charge in [0.1, 0.15) is 12.2 Å². The molecule has 1 aliphatic heterocycles. The van der Waals surface area contributed by atoms with Gasteiger partial charge in [0, 0.05) is 13.0 Å². The lowest BCUT2D eigenvalue weighted by molar-refractivity contribution is -0.123. The number of hydrogen-bond donors (Lipinski definition) is 3. The quantitative estimate of drug-likeness (QED) is 0.693. The van der Waals surface area contributed by atoms with Gasteiger partial charge in [-0.25, -0.2) is 4.98 Å². The van der Waals surface area contributed by atoms with Crippen molar-refractivity contribution >= 4 is 5.91 Å². The lowest BCUT2D eigenvalue weighted by Gasteiger charge is -2.17. The number of fused-ring (bicyclic) bond motifs is 1. The highest BCUT2D eigenvalue weighted by atomic mass is 16.2. The average molecular weight is 249 g/mol. The highest BCUT2D eigenvalue weighted by Crippen LogP contribution is 2.37. The number of hydrogen-bond acceptors (Lipinski definition) is 4. The van der Waals surface area contributed by atoms with Crippen molar-refractivity contribution in [3.05, 3.63) is 12.2 Å². The lowest BCUT2D eigenvalue weighted by atomic mass is 9.93. The molecular formula is C12H19N5O. The van der Waals surface area contributed by atoms with Gasteiger partial charge in [-0.3, -0.25) is 9.89 Å². The number of amides is 1. The molecule has 6 nitrogen and oxygen atoms in total. The molecule has 1 amide bonds. The van der Waals surface area contributed by atoms with Crippen LogP contribution in [0.5, 0.6) is 0 Å². The topological polar surface area (TPSA) is 82.7 Å². The maximum absolute atomic E-state index is 12.1. The number of aromatic nitrogens is 3. The van der Waals surface area contributed by atoms with Crippen molar-refractivity contribution in [3.63, 3.8) is 0 Å². The van der Waals surface area contributed by atoms with Crippen molar-refractivity contribution in [2.24, 2.45) is 11.8 Å². The van der Waals surface area contributed by atoms with Crippen LogP contribution in [0.2, 0.25) is 0 Å². The van der Waals surface area contributed by atoms with Gasteiger partial charge in [-0.15, -0.1) is 0 Å². The van der Waals surface area contributed by atoms with E-state index in [1.165, 1.54) is 25.6 Å². The van der Waals surface area contributed by atoms with E-state index < -0.39 is 0 Å². The van der Waals surface area contributed by atoms with E-state index in [2.05, 4.69) is 25.8 Å². The largest absolute Gasteiger partial charge is 0.354 e. The molecule has 3 atom stereocenters. The number of H-pyrrole nitrogens is 1. The fourth-order valence-corrected chi connectivity index (χ4v) is 3.24. The number of rotatable bonds is 4. The number of carbonyl (C=O) groups excluding carboxylic acids is 1. The highest BCUT2D eigenvalue weighted by molar-refractivity contribution is 5.82. The molecule has 2 fully saturated rings. The van der Waals surface area contributed by atoms with Gasteiger partial charge in [-0.1, -0.05) is 6.42 Å². The molecule has 1 aromatic rings. The summed E-state index contributed by atoms with van der Waals surface area (Å²) in [5.74, 6) is 2.22. The zero-order valence-corrected chi connectivity index (χ0v) is 10.4. The van der Waals surface area contributed by atoms with E-state index in [0.29, 0.717) is 18.9 Å². The first-order valence-electron chi connectivity index (χ1n) is 6.70.